The number of ether oxygens (including phenoxy) is 1. The summed E-state index contributed by atoms with van der Waals surface area (Å²) in [6, 6.07) is 19.1. The summed E-state index contributed by atoms with van der Waals surface area (Å²) in [4.78, 5) is 28.5. The van der Waals surface area contributed by atoms with Gasteiger partial charge in [0, 0.05) is 24.9 Å². The number of amides is 2. The zero-order valence-electron chi connectivity index (χ0n) is 19.5. The molecule has 9 heteroatoms. The number of aryl methyl sites for hydroxylation is 1. The Hall–Kier alpha value is -4.11. The number of carbonyl (C=O) groups is 2. The number of carbonyl (C=O) groups excluding carboxylic acids is 2. The number of halogens is 1. The van der Waals surface area contributed by atoms with Gasteiger partial charge < -0.3 is 10.1 Å². The van der Waals surface area contributed by atoms with E-state index in [1.165, 1.54) is 34.9 Å². The number of fused-ring (bicyclic) bond motifs is 1. The van der Waals surface area contributed by atoms with Gasteiger partial charge >= 0.3 is 0 Å². The normalized spacial score (nSPS) is 11.9. The molecule has 8 nitrogen and oxygen atoms in total. The van der Waals surface area contributed by atoms with Crippen LogP contribution in [0.3, 0.4) is 0 Å². The maximum atomic E-state index is 15.0. The van der Waals surface area contributed by atoms with Gasteiger partial charge in [0.05, 0.1) is 12.1 Å². The molecule has 1 atom stereocenters. The van der Waals surface area contributed by atoms with Crippen molar-refractivity contribution in [3.05, 3.63) is 89.7 Å². The van der Waals surface area contributed by atoms with Crippen LogP contribution >= 0.6 is 0 Å². The second-order valence-corrected chi connectivity index (χ2v) is 8.04. The first-order chi connectivity index (χ1) is 17.0. The molecule has 1 N–H and O–H groups in total. The molecule has 0 saturated carbocycles. The minimum atomic E-state index is -1.25. The highest BCUT2D eigenvalue weighted by atomic mass is 19.1. The average Bonchev–Trinajstić information content (AvgIpc) is 3.26. The monoisotopic (exact) mass is 475 g/mol. The van der Waals surface area contributed by atoms with Gasteiger partial charge in [0.1, 0.15) is 23.9 Å². The van der Waals surface area contributed by atoms with Crippen LogP contribution in [0.4, 0.5) is 10.1 Å². The Labute approximate surface area is 202 Å². The van der Waals surface area contributed by atoms with Crippen molar-refractivity contribution in [3.63, 3.8) is 0 Å². The Bertz CT molecular complexity index is 1320. The second-order valence-electron chi connectivity index (χ2n) is 8.04. The number of rotatable bonds is 9. The Morgan fingerprint density at radius 2 is 1.77 bits per heavy atom. The molecule has 1 heterocycles. The van der Waals surface area contributed by atoms with Crippen molar-refractivity contribution >= 4 is 28.5 Å². The van der Waals surface area contributed by atoms with E-state index in [-0.39, 0.29) is 25.3 Å². The van der Waals surface area contributed by atoms with Gasteiger partial charge in [-0.05, 0) is 37.3 Å². The highest BCUT2D eigenvalue weighted by Gasteiger charge is 2.34. The number of aromatic nitrogens is 3. The molecule has 0 fully saturated rings. The molecular formula is C26H26FN5O3. The van der Waals surface area contributed by atoms with Gasteiger partial charge in [-0.15, -0.1) is 5.10 Å². The number of methoxy groups -OCH3 is 1. The topological polar surface area (TPSA) is 89.4 Å². The standard InChI is InChI=1S/C26H26FN5O3/c1-18-11-13-19(14-12-18)32(24(33)17-31-23-10-6-5-9-22(23)29-30-31)25(26(34)28-15-16-35-2)20-7-3-4-8-21(20)27/h3-14,25H,15-17H2,1-2H3,(H,28,34)/t25-/m0/s1. The molecule has 3 aromatic carbocycles. The van der Waals surface area contributed by atoms with Crippen molar-refractivity contribution in [1.82, 2.24) is 20.3 Å². The fraction of sp³-hybridized carbons (Fsp3) is 0.231. The first kappa shape index (κ1) is 24.0. The molecule has 2 amide bonds. The van der Waals surface area contributed by atoms with Crippen LogP contribution in [0.15, 0.2) is 72.8 Å². The van der Waals surface area contributed by atoms with Crippen LogP contribution in [0.2, 0.25) is 0 Å². The van der Waals surface area contributed by atoms with Crippen LogP contribution < -0.4 is 10.2 Å². The van der Waals surface area contributed by atoms with Gasteiger partial charge in [-0.1, -0.05) is 53.2 Å². The van der Waals surface area contributed by atoms with E-state index in [2.05, 4.69) is 15.6 Å². The third-order valence-corrected chi connectivity index (χ3v) is 5.60. The molecule has 0 saturated heterocycles. The summed E-state index contributed by atoms with van der Waals surface area (Å²) >= 11 is 0. The average molecular weight is 476 g/mol. The van der Waals surface area contributed by atoms with Crippen LogP contribution in [0.5, 0.6) is 0 Å². The fourth-order valence-corrected chi connectivity index (χ4v) is 3.85. The third-order valence-electron chi connectivity index (χ3n) is 5.60. The van der Waals surface area contributed by atoms with E-state index in [4.69, 9.17) is 4.74 Å². The second kappa shape index (κ2) is 10.9. The number of hydrogen-bond donors (Lipinski definition) is 1. The Kier molecular flexibility index (Phi) is 7.47. The lowest BCUT2D eigenvalue weighted by atomic mass is 10.0. The van der Waals surface area contributed by atoms with E-state index in [0.29, 0.717) is 16.7 Å². The van der Waals surface area contributed by atoms with Crippen LogP contribution in [0.1, 0.15) is 17.2 Å². The van der Waals surface area contributed by atoms with Crippen molar-refractivity contribution in [1.29, 1.82) is 0 Å². The summed E-state index contributed by atoms with van der Waals surface area (Å²) in [6.07, 6.45) is 0. The third kappa shape index (κ3) is 5.36. The van der Waals surface area contributed by atoms with Gasteiger partial charge in [-0.2, -0.15) is 0 Å². The smallest absolute Gasteiger partial charge is 0.249 e. The van der Waals surface area contributed by atoms with Crippen LogP contribution in [0.25, 0.3) is 11.0 Å². The van der Waals surface area contributed by atoms with Crippen molar-refractivity contribution in [2.24, 2.45) is 0 Å². The molecule has 0 bridgehead atoms. The summed E-state index contributed by atoms with van der Waals surface area (Å²) < 4.78 is 21.5. The highest BCUT2D eigenvalue weighted by Crippen LogP contribution is 2.30. The molecule has 0 aliphatic rings. The van der Waals surface area contributed by atoms with E-state index >= 15 is 4.39 Å². The molecule has 35 heavy (non-hydrogen) atoms. The Morgan fingerprint density at radius 3 is 2.51 bits per heavy atom. The van der Waals surface area contributed by atoms with Gasteiger partial charge in [0.2, 0.25) is 11.8 Å². The molecule has 0 unspecified atom stereocenters. The lowest BCUT2D eigenvalue weighted by Crippen LogP contribution is -2.46. The van der Waals surface area contributed by atoms with E-state index in [1.54, 1.807) is 24.3 Å². The van der Waals surface area contributed by atoms with E-state index in [0.717, 1.165) is 5.56 Å². The molecule has 0 radical (unpaired) electrons. The largest absolute Gasteiger partial charge is 0.383 e. The number of nitrogens with one attached hydrogen (secondary N) is 1. The quantitative estimate of drug-likeness (QED) is 0.375. The maximum absolute atomic E-state index is 15.0. The number of para-hydroxylation sites is 1. The van der Waals surface area contributed by atoms with Gasteiger partial charge in [-0.25, -0.2) is 9.07 Å². The van der Waals surface area contributed by atoms with E-state index in [9.17, 15) is 9.59 Å². The predicted octanol–water partition coefficient (Wildman–Crippen LogP) is 3.42. The zero-order valence-corrected chi connectivity index (χ0v) is 19.5. The number of benzene rings is 3. The van der Waals surface area contributed by atoms with Gasteiger partial charge in [0.15, 0.2) is 0 Å². The van der Waals surface area contributed by atoms with E-state index < -0.39 is 23.7 Å². The minimum Gasteiger partial charge on any atom is -0.383 e. The lowest BCUT2D eigenvalue weighted by Gasteiger charge is -2.32. The Balaban J connectivity index is 1.78. The number of nitrogens with zero attached hydrogens (tertiary/aromatic N) is 4. The van der Waals surface area contributed by atoms with Gasteiger partial charge in [-0.3, -0.25) is 14.5 Å². The van der Waals surface area contributed by atoms with Crippen LogP contribution in [-0.4, -0.2) is 47.1 Å². The molecule has 0 aliphatic carbocycles. The van der Waals surface area contributed by atoms with Crippen molar-refractivity contribution in [2.75, 3.05) is 25.2 Å². The number of anilines is 1. The first-order valence-corrected chi connectivity index (χ1v) is 11.2. The first-order valence-electron chi connectivity index (χ1n) is 11.2. The summed E-state index contributed by atoms with van der Waals surface area (Å²) in [5.74, 6) is -1.56. The summed E-state index contributed by atoms with van der Waals surface area (Å²) in [5, 5.41) is 11.0. The van der Waals surface area contributed by atoms with Crippen molar-refractivity contribution in [2.45, 2.75) is 19.5 Å². The van der Waals surface area contributed by atoms with Crippen LogP contribution in [-0.2, 0) is 20.9 Å². The van der Waals surface area contributed by atoms with E-state index in [1.807, 2.05) is 37.3 Å². The summed E-state index contributed by atoms with van der Waals surface area (Å²) in [5.41, 5.74) is 2.84. The highest BCUT2D eigenvalue weighted by molar-refractivity contribution is 6.01. The summed E-state index contributed by atoms with van der Waals surface area (Å²) in [6.45, 7) is 2.22. The van der Waals surface area contributed by atoms with Crippen molar-refractivity contribution in [3.8, 4) is 0 Å². The minimum absolute atomic E-state index is 0.0831. The molecular weight excluding hydrogens is 449 g/mol. The fourth-order valence-electron chi connectivity index (χ4n) is 3.85. The molecule has 4 aromatic rings. The predicted molar refractivity (Wildman–Crippen MR) is 130 cm³/mol. The van der Waals surface area contributed by atoms with Gasteiger partial charge in [0.25, 0.3) is 0 Å². The molecule has 0 aliphatic heterocycles. The lowest BCUT2D eigenvalue weighted by molar-refractivity contribution is -0.127. The van der Waals surface area contributed by atoms with Crippen LogP contribution in [0, 0.1) is 12.7 Å². The SMILES string of the molecule is COCCNC(=O)[C@H](c1ccccc1F)N(C(=O)Cn1nnc2ccccc21)c1ccc(C)cc1. The Morgan fingerprint density at radius 1 is 1.06 bits per heavy atom. The number of hydrogen-bond acceptors (Lipinski definition) is 5. The molecule has 4 rings (SSSR count). The van der Waals surface area contributed by atoms with Crippen molar-refractivity contribution < 1.29 is 18.7 Å². The zero-order chi connectivity index (χ0) is 24.8. The maximum Gasteiger partial charge on any atom is 0.249 e. The molecule has 0 spiro atoms. The molecule has 180 valence electrons. The summed E-state index contributed by atoms with van der Waals surface area (Å²) in [7, 11) is 1.52. The molecule has 1 aromatic heterocycles.